The summed E-state index contributed by atoms with van der Waals surface area (Å²) in [6.45, 7) is 3.13. The van der Waals surface area contributed by atoms with Crippen LogP contribution in [0.3, 0.4) is 0 Å². The van der Waals surface area contributed by atoms with Gasteiger partial charge in [-0.25, -0.2) is 0 Å². The highest BCUT2D eigenvalue weighted by Crippen LogP contribution is 2.32. The summed E-state index contributed by atoms with van der Waals surface area (Å²) < 4.78 is 39.0. The van der Waals surface area contributed by atoms with E-state index in [4.69, 9.17) is 0 Å². The van der Waals surface area contributed by atoms with Crippen LogP contribution in [0.4, 0.5) is 13.2 Å². The number of alkyl halides is 3. The normalized spacial score (nSPS) is 15.7. The quantitative estimate of drug-likeness (QED) is 0.856. The first-order valence-electron chi connectivity index (χ1n) is 7.58. The number of hydrogen-bond donors (Lipinski definition) is 0. The van der Waals surface area contributed by atoms with Crippen LogP contribution in [-0.4, -0.2) is 47.8 Å². The molecule has 2 amide bonds. The molecular weight excluding hydrogens is 309 g/mol. The highest BCUT2D eigenvalue weighted by atomic mass is 19.4. The molecule has 1 aliphatic heterocycles. The average Bonchev–Trinajstić information content (AvgIpc) is 2.54. The summed E-state index contributed by atoms with van der Waals surface area (Å²) in [6.07, 6.45) is -3.37. The van der Waals surface area contributed by atoms with E-state index in [1.807, 2.05) is 6.92 Å². The zero-order valence-corrected chi connectivity index (χ0v) is 12.9. The van der Waals surface area contributed by atoms with E-state index in [-0.39, 0.29) is 24.6 Å². The van der Waals surface area contributed by atoms with Crippen molar-refractivity contribution < 1.29 is 22.8 Å². The molecule has 0 N–H and O–H groups in total. The maximum Gasteiger partial charge on any atom is 0.417 e. The lowest BCUT2D eigenvalue weighted by atomic mass is 10.1. The predicted molar refractivity (Wildman–Crippen MR) is 78.8 cm³/mol. The largest absolute Gasteiger partial charge is 0.417 e. The van der Waals surface area contributed by atoms with Crippen LogP contribution in [0.5, 0.6) is 0 Å². The topological polar surface area (TPSA) is 40.6 Å². The first-order chi connectivity index (χ1) is 10.8. The van der Waals surface area contributed by atoms with Crippen LogP contribution in [-0.2, 0) is 11.0 Å². The van der Waals surface area contributed by atoms with Crippen LogP contribution in [0.1, 0.15) is 35.7 Å². The number of amides is 2. The van der Waals surface area contributed by atoms with Crippen LogP contribution in [0.2, 0.25) is 0 Å². The van der Waals surface area contributed by atoms with Crippen molar-refractivity contribution in [2.45, 2.75) is 25.9 Å². The van der Waals surface area contributed by atoms with E-state index in [1.165, 1.54) is 23.1 Å². The Morgan fingerprint density at radius 3 is 2.17 bits per heavy atom. The lowest BCUT2D eigenvalue weighted by Gasteiger charge is -2.35. The molecule has 2 rings (SSSR count). The molecule has 1 saturated heterocycles. The molecule has 0 saturated carbocycles. The Labute approximate surface area is 132 Å². The number of rotatable bonds is 3. The summed E-state index contributed by atoms with van der Waals surface area (Å²) in [7, 11) is 0. The maximum absolute atomic E-state index is 13.0. The monoisotopic (exact) mass is 328 g/mol. The Morgan fingerprint density at radius 1 is 1.04 bits per heavy atom. The molecule has 7 heteroatoms. The summed E-state index contributed by atoms with van der Waals surface area (Å²) in [4.78, 5) is 27.2. The van der Waals surface area contributed by atoms with Gasteiger partial charge in [0.1, 0.15) is 0 Å². The van der Waals surface area contributed by atoms with Crippen molar-refractivity contribution in [2.75, 3.05) is 26.2 Å². The SMILES string of the molecule is CCCC(=O)N1CCN(C(=O)c2ccccc2C(F)(F)F)CC1. The van der Waals surface area contributed by atoms with Crippen molar-refractivity contribution in [2.24, 2.45) is 0 Å². The molecule has 0 atom stereocenters. The molecule has 0 radical (unpaired) electrons. The molecule has 0 aromatic heterocycles. The van der Waals surface area contributed by atoms with Crippen molar-refractivity contribution in [1.29, 1.82) is 0 Å². The van der Waals surface area contributed by atoms with Crippen LogP contribution >= 0.6 is 0 Å². The standard InChI is InChI=1S/C16H19F3N2O2/c1-2-5-14(22)20-8-10-21(11-9-20)15(23)12-6-3-4-7-13(12)16(17,18)19/h3-4,6-7H,2,5,8-11H2,1H3. The lowest BCUT2D eigenvalue weighted by molar-refractivity contribution is -0.138. The van der Waals surface area contributed by atoms with Gasteiger partial charge in [-0.1, -0.05) is 19.1 Å². The fourth-order valence-electron chi connectivity index (χ4n) is 2.62. The Balaban J connectivity index is 2.08. The molecule has 4 nitrogen and oxygen atoms in total. The predicted octanol–water partition coefficient (Wildman–Crippen LogP) is 2.79. The first-order valence-corrected chi connectivity index (χ1v) is 7.58. The van der Waals surface area contributed by atoms with Crippen molar-refractivity contribution in [1.82, 2.24) is 9.80 Å². The third-order valence-corrected chi connectivity index (χ3v) is 3.85. The Hall–Kier alpha value is -2.05. The average molecular weight is 328 g/mol. The van der Waals surface area contributed by atoms with Crippen molar-refractivity contribution >= 4 is 11.8 Å². The summed E-state index contributed by atoms with van der Waals surface area (Å²) >= 11 is 0. The highest BCUT2D eigenvalue weighted by Gasteiger charge is 2.36. The molecule has 0 spiro atoms. The van der Waals surface area contributed by atoms with E-state index in [0.29, 0.717) is 19.5 Å². The van der Waals surface area contributed by atoms with Crippen molar-refractivity contribution in [3.63, 3.8) is 0 Å². The third kappa shape index (κ3) is 4.03. The molecule has 1 heterocycles. The second-order valence-electron chi connectivity index (χ2n) is 5.47. The van der Waals surface area contributed by atoms with Gasteiger partial charge in [0.15, 0.2) is 0 Å². The minimum absolute atomic E-state index is 0.0234. The first kappa shape index (κ1) is 17.3. The zero-order valence-electron chi connectivity index (χ0n) is 12.9. The van der Waals surface area contributed by atoms with Gasteiger partial charge in [-0.3, -0.25) is 9.59 Å². The zero-order chi connectivity index (χ0) is 17.0. The van der Waals surface area contributed by atoms with Gasteiger partial charge in [0, 0.05) is 32.6 Å². The Morgan fingerprint density at radius 2 is 1.61 bits per heavy atom. The van der Waals surface area contributed by atoms with Gasteiger partial charge in [-0.2, -0.15) is 13.2 Å². The molecular formula is C16H19F3N2O2. The summed E-state index contributed by atoms with van der Waals surface area (Å²) in [6, 6.07) is 4.79. The molecule has 1 aromatic rings. The van der Waals surface area contributed by atoms with Gasteiger partial charge in [0.2, 0.25) is 5.91 Å². The van der Waals surface area contributed by atoms with Gasteiger partial charge < -0.3 is 9.80 Å². The van der Waals surface area contributed by atoms with E-state index in [2.05, 4.69) is 0 Å². The van der Waals surface area contributed by atoms with E-state index < -0.39 is 17.6 Å². The number of carbonyl (C=O) groups is 2. The number of piperazine rings is 1. The molecule has 1 fully saturated rings. The molecule has 0 unspecified atom stereocenters. The molecule has 23 heavy (non-hydrogen) atoms. The number of benzene rings is 1. The second kappa shape index (κ2) is 7.02. The number of carbonyl (C=O) groups excluding carboxylic acids is 2. The fourth-order valence-corrected chi connectivity index (χ4v) is 2.62. The number of halogens is 3. The van der Waals surface area contributed by atoms with Crippen LogP contribution in [0.25, 0.3) is 0 Å². The summed E-state index contributed by atoms with van der Waals surface area (Å²) in [5.41, 5.74) is -1.26. The fraction of sp³-hybridized carbons (Fsp3) is 0.500. The number of hydrogen-bond acceptors (Lipinski definition) is 2. The van der Waals surface area contributed by atoms with Crippen LogP contribution < -0.4 is 0 Å². The summed E-state index contributed by atoms with van der Waals surface area (Å²) in [5.74, 6) is -0.615. The van der Waals surface area contributed by atoms with Crippen molar-refractivity contribution in [3.05, 3.63) is 35.4 Å². The molecule has 1 aromatic carbocycles. The van der Waals surface area contributed by atoms with Gasteiger partial charge in [0.25, 0.3) is 5.91 Å². The van der Waals surface area contributed by atoms with Gasteiger partial charge >= 0.3 is 6.18 Å². The smallest absolute Gasteiger partial charge is 0.339 e. The minimum Gasteiger partial charge on any atom is -0.339 e. The van der Waals surface area contributed by atoms with E-state index in [0.717, 1.165) is 12.5 Å². The minimum atomic E-state index is -4.56. The van der Waals surface area contributed by atoms with Gasteiger partial charge in [0.05, 0.1) is 11.1 Å². The third-order valence-electron chi connectivity index (χ3n) is 3.85. The Kier molecular flexibility index (Phi) is 5.28. The highest BCUT2D eigenvalue weighted by molar-refractivity contribution is 5.96. The van der Waals surface area contributed by atoms with Gasteiger partial charge in [-0.15, -0.1) is 0 Å². The lowest BCUT2D eigenvalue weighted by Crippen LogP contribution is -2.50. The Bertz CT molecular complexity index is 579. The van der Waals surface area contributed by atoms with E-state index in [1.54, 1.807) is 4.90 Å². The van der Waals surface area contributed by atoms with Crippen LogP contribution in [0.15, 0.2) is 24.3 Å². The van der Waals surface area contributed by atoms with Crippen molar-refractivity contribution in [3.8, 4) is 0 Å². The van der Waals surface area contributed by atoms with E-state index in [9.17, 15) is 22.8 Å². The molecule has 0 bridgehead atoms. The van der Waals surface area contributed by atoms with Gasteiger partial charge in [-0.05, 0) is 18.6 Å². The van der Waals surface area contributed by atoms with Crippen LogP contribution in [0, 0.1) is 0 Å². The molecule has 1 aliphatic rings. The second-order valence-corrected chi connectivity index (χ2v) is 5.47. The van der Waals surface area contributed by atoms with E-state index >= 15 is 0 Å². The maximum atomic E-state index is 13.0. The molecule has 126 valence electrons. The summed E-state index contributed by atoms with van der Waals surface area (Å²) in [5, 5.41) is 0. The molecule has 0 aliphatic carbocycles. The number of nitrogens with zero attached hydrogens (tertiary/aromatic N) is 2.